The van der Waals surface area contributed by atoms with Crippen LogP contribution in [0.1, 0.15) is 16.1 Å². The van der Waals surface area contributed by atoms with E-state index >= 15 is 0 Å². The maximum Gasteiger partial charge on any atom is 0.335 e. The lowest BCUT2D eigenvalue weighted by atomic mass is 10.2. The summed E-state index contributed by atoms with van der Waals surface area (Å²) in [5.41, 5.74) is 4.07. The number of hydrogen-bond acceptors (Lipinski definition) is 5. The number of anilines is 1. The van der Waals surface area contributed by atoms with Crippen molar-refractivity contribution in [2.45, 2.75) is 0 Å². The Balaban J connectivity index is 2.15. The Morgan fingerprint density at radius 1 is 1.25 bits per heavy atom. The first-order valence-electron chi connectivity index (χ1n) is 5.69. The third-order valence-corrected chi connectivity index (χ3v) is 2.44. The Morgan fingerprint density at radius 3 is 2.55 bits per heavy atom. The average molecular weight is 266 g/mol. The van der Waals surface area contributed by atoms with Gasteiger partial charge in [0.15, 0.2) is 5.71 Å². The van der Waals surface area contributed by atoms with Gasteiger partial charge >= 0.3 is 5.97 Å². The zero-order valence-corrected chi connectivity index (χ0v) is 10.3. The second-order valence-electron chi connectivity index (χ2n) is 3.78. The summed E-state index contributed by atoms with van der Waals surface area (Å²) in [6, 6.07) is 13.2. The van der Waals surface area contributed by atoms with Crippen LogP contribution >= 0.6 is 0 Å². The SMILES string of the molecule is N#CC(=NNc1ccc(C(=O)O)cc1)c1ccccn1. The zero-order chi connectivity index (χ0) is 14.4. The van der Waals surface area contributed by atoms with Gasteiger partial charge in [-0.1, -0.05) is 6.07 Å². The Kier molecular flexibility index (Phi) is 4.04. The lowest BCUT2D eigenvalue weighted by molar-refractivity contribution is 0.0697. The number of nitrogens with zero attached hydrogens (tertiary/aromatic N) is 3. The number of carbonyl (C=O) groups is 1. The number of carboxylic acid groups (broad SMARTS) is 1. The molecular weight excluding hydrogens is 256 g/mol. The van der Waals surface area contributed by atoms with Crippen molar-refractivity contribution in [2.75, 3.05) is 5.43 Å². The molecule has 20 heavy (non-hydrogen) atoms. The van der Waals surface area contributed by atoms with Crippen LogP contribution in [-0.4, -0.2) is 21.8 Å². The molecule has 0 amide bonds. The minimum atomic E-state index is -0.994. The summed E-state index contributed by atoms with van der Waals surface area (Å²) in [7, 11) is 0. The summed E-state index contributed by atoms with van der Waals surface area (Å²) < 4.78 is 0. The summed E-state index contributed by atoms with van der Waals surface area (Å²) in [4.78, 5) is 14.7. The molecule has 0 atom stereocenters. The maximum atomic E-state index is 10.7. The molecule has 0 aliphatic carbocycles. The molecule has 2 N–H and O–H groups in total. The van der Waals surface area contributed by atoms with E-state index in [-0.39, 0.29) is 11.3 Å². The molecule has 1 heterocycles. The summed E-state index contributed by atoms with van der Waals surface area (Å²) in [6.45, 7) is 0. The summed E-state index contributed by atoms with van der Waals surface area (Å²) in [5, 5.41) is 21.8. The van der Waals surface area contributed by atoms with Gasteiger partial charge in [0.25, 0.3) is 0 Å². The van der Waals surface area contributed by atoms with Crippen molar-refractivity contribution in [1.82, 2.24) is 4.98 Å². The quantitative estimate of drug-likeness (QED) is 0.652. The van der Waals surface area contributed by atoms with Crippen LogP contribution in [0.3, 0.4) is 0 Å². The van der Waals surface area contributed by atoms with Crippen LogP contribution in [-0.2, 0) is 0 Å². The number of hydrogen-bond donors (Lipinski definition) is 2. The third-order valence-electron chi connectivity index (χ3n) is 2.44. The molecule has 1 aromatic heterocycles. The molecule has 0 spiro atoms. The molecule has 0 aliphatic rings. The molecule has 6 nitrogen and oxygen atoms in total. The Labute approximate surface area is 115 Å². The molecular formula is C14H10N4O2. The second kappa shape index (κ2) is 6.11. The van der Waals surface area contributed by atoms with E-state index in [1.54, 1.807) is 36.5 Å². The fraction of sp³-hybridized carbons (Fsp3) is 0. The lowest BCUT2D eigenvalue weighted by Crippen LogP contribution is -2.04. The first-order chi connectivity index (χ1) is 9.70. The molecule has 0 radical (unpaired) electrons. The third kappa shape index (κ3) is 3.17. The number of nitriles is 1. The van der Waals surface area contributed by atoms with Gasteiger partial charge in [-0.15, -0.1) is 0 Å². The number of aromatic carboxylic acids is 1. The molecule has 2 rings (SSSR count). The first kappa shape index (κ1) is 13.2. The first-order valence-corrected chi connectivity index (χ1v) is 5.69. The normalized spacial score (nSPS) is 10.7. The molecule has 98 valence electrons. The number of carboxylic acids is 1. The van der Waals surface area contributed by atoms with Crippen molar-refractivity contribution in [3.8, 4) is 6.07 Å². The fourth-order valence-corrected chi connectivity index (χ4v) is 1.45. The highest BCUT2D eigenvalue weighted by molar-refractivity contribution is 6.10. The van der Waals surface area contributed by atoms with E-state index in [0.717, 1.165) is 0 Å². The predicted octanol–water partition coefficient (Wildman–Crippen LogP) is 2.12. The number of hydrazone groups is 1. The van der Waals surface area contributed by atoms with Crippen LogP contribution in [0.4, 0.5) is 5.69 Å². The Bertz CT molecular complexity index is 673. The predicted molar refractivity (Wildman–Crippen MR) is 73.4 cm³/mol. The van der Waals surface area contributed by atoms with Gasteiger partial charge in [-0.2, -0.15) is 10.4 Å². The monoisotopic (exact) mass is 266 g/mol. The molecule has 0 bridgehead atoms. The van der Waals surface area contributed by atoms with Crippen molar-refractivity contribution in [2.24, 2.45) is 5.10 Å². The van der Waals surface area contributed by atoms with E-state index in [1.165, 1.54) is 12.1 Å². The van der Waals surface area contributed by atoms with Crippen LogP contribution in [0.2, 0.25) is 0 Å². The van der Waals surface area contributed by atoms with Crippen molar-refractivity contribution in [3.05, 3.63) is 59.9 Å². The second-order valence-corrected chi connectivity index (χ2v) is 3.78. The molecule has 0 saturated carbocycles. The van der Waals surface area contributed by atoms with E-state index in [0.29, 0.717) is 11.4 Å². The van der Waals surface area contributed by atoms with Gasteiger partial charge in [-0.3, -0.25) is 10.4 Å². The van der Waals surface area contributed by atoms with E-state index in [2.05, 4.69) is 15.5 Å². The van der Waals surface area contributed by atoms with Crippen molar-refractivity contribution >= 4 is 17.4 Å². The molecule has 0 aliphatic heterocycles. The van der Waals surface area contributed by atoms with Gasteiger partial charge in [-0.25, -0.2) is 4.79 Å². The summed E-state index contributed by atoms with van der Waals surface area (Å²) >= 11 is 0. The number of nitrogens with one attached hydrogen (secondary N) is 1. The zero-order valence-electron chi connectivity index (χ0n) is 10.3. The average Bonchev–Trinajstić information content (AvgIpc) is 2.49. The topological polar surface area (TPSA) is 98.4 Å². The largest absolute Gasteiger partial charge is 0.478 e. The number of rotatable bonds is 4. The standard InChI is InChI=1S/C14H10N4O2/c15-9-13(12-3-1-2-8-16-12)18-17-11-6-4-10(5-7-11)14(19)20/h1-8,17H,(H,19,20). The number of aromatic nitrogens is 1. The summed E-state index contributed by atoms with van der Waals surface area (Å²) in [5.74, 6) is -0.994. The minimum absolute atomic E-state index is 0.146. The van der Waals surface area contributed by atoms with Crippen molar-refractivity contribution in [1.29, 1.82) is 5.26 Å². The number of benzene rings is 1. The van der Waals surface area contributed by atoms with Gasteiger partial charge in [0.2, 0.25) is 0 Å². The molecule has 0 unspecified atom stereocenters. The molecule has 1 aromatic carbocycles. The molecule has 6 heteroatoms. The Hall–Kier alpha value is -3.20. The van der Waals surface area contributed by atoms with Crippen LogP contribution < -0.4 is 5.43 Å². The highest BCUT2D eigenvalue weighted by Crippen LogP contribution is 2.10. The Morgan fingerprint density at radius 2 is 2.00 bits per heavy atom. The summed E-state index contributed by atoms with van der Waals surface area (Å²) in [6.07, 6.45) is 1.57. The van der Waals surface area contributed by atoms with Crippen LogP contribution in [0, 0.1) is 11.3 Å². The van der Waals surface area contributed by atoms with Gasteiger partial charge < -0.3 is 5.11 Å². The van der Waals surface area contributed by atoms with Crippen molar-refractivity contribution in [3.63, 3.8) is 0 Å². The lowest BCUT2D eigenvalue weighted by Gasteiger charge is -2.02. The number of pyridine rings is 1. The fourth-order valence-electron chi connectivity index (χ4n) is 1.45. The highest BCUT2D eigenvalue weighted by Gasteiger charge is 2.04. The molecule has 0 saturated heterocycles. The van der Waals surface area contributed by atoms with Crippen LogP contribution in [0.25, 0.3) is 0 Å². The van der Waals surface area contributed by atoms with Gasteiger partial charge in [0.05, 0.1) is 11.3 Å². The van der Waals surface area contributed by atoms with Gasteiger partial charge in [-0.05, 0) is 36.4 Å². The molecule has 2 aromatic rings. The molecule has 0 fully saturated rings. The minimum Gasteiger partial charge on any atom is -0.478 e. The van der Waals surface area contributed by atoms with Crippen LogP contribution in [0.5, 0.6) is 0 Å². The van der Waals surface area contributed by atoms with E-state index in [4.69, 9.17) is 10.4 Å². The van der Waals surface area contributed by atoms with E-state index in [1.807, 2.05) is 6.07 Å². The van der Waals surface area contributed by atoms with Gasteiger partial charge in [0, 0.05) is 6.20 Å². The highest BCUT2D eigenvalue weighted by atomic mass is 16.4. The van der Waals surface area contributed by atoms with Crippen LogP contribution in [0.15, 0.2) is 53.8 Å². The van der Waals surface area contributed by atoms with E-state index in [9.17, 15) is 4.79 Å². The van der Waals surface area contributed by atoms with Gasteiger partial charge in [0.1, 0.15) is 11.8 Å². The smallest absolute Gasteiger partial charge is 0.335 e. The van der Waals surface area contributed by atoms with E-state index < -0.39 is 5.97 Å². The van der Waals surface area contributed by atoms with Crippen molar-refractivity contribution < 1.29 is 9.90 Å². The maximum absolute atomic E-state index is 10.7.